The molecule has 6 nitrogen and oxygen atoms in total. The maximum atomic E-state index is 11.9. The van der Waals surface area contributed by atoms with Gasteiger partial charge in [0.2, 0.25) is 0 Å². The van der Waals surface area contributed by atoms with Gasteiger partial charge in [-0.15, -0.1) is 0 Å². The van der Waals surface area contributed by atoms with Crippen molar-refractivity contribution in [1.29, 1.82) is 0 Å². The molecule has 17 heavy (non-hydrogen) atoms. The predicted octanol–water partition coefficient (Wildman–Crippen LogP) is -0.0270. The third kappa shape index (κ3) is 3.94. The summed E-state index contributed by atoms with van der Waals surface area (Å²) in [4.78, 5) is 23.8. The zero-order valence-electron chi connectivity index (χ0n) is 9.64. The number of carbonyl (C=O) groups excluding carboxylic acids is 1. The molecule has 1 aliphatic heterocycles. The van der Waals surface area contributed by atoms with Crippen LogP contribution in [0.5, 0.6) is 0 Å². The molecule has 0 spiro atoms. The Morgan fingerprint density at radius 2 is 2.35 bits per heavy atom. The molecule has 1 unspecified atom stereocenters. The van der Waals surface area contributed by atoms with Gasteiger partial charge in [-0.3, -0.25) is 14.5 Å². The molecule has 0 aromatic heterocycles. The SMILES string of the molecule is COCCCN1C(=O)C(CCC(=O)O)NC1=S. The number of nitrogens with one attached hydrogen (secondary N) is 1. The maximum Gasteiger partial charge on any atom is 0.303 e. The third-order valence-electron chi connectivity index (χ3n) is 2.48. The molecule has 1 fully saturated rings. The molecule has 1 amide bonds. The Kier molecular flexibility index (Phi) is 5.30. The first kappa shape index (κ1) is 13.9. The summed E-state index contributed by atoms with van der Waals surface area (Å²) >= 11 is 5.03. The Morgan fingerprint density at radius 3 is 2.94 bits per heavy atom. The lowest BCUT2D eigenvalue weighted by molar-refractivity contribution is -0.137. The normalized spacial score (nSPS) is 19.6. The Labute approximate surface area is 105 Å². The molecule has 0 radical (unpaired) electrons. The number of thiocarbonyl (C=S) groups is 1. The second-order valence-electron chi connectivity index (χ2n) is 3.77. The minimum Gasteiger partial charge on any atom is -0.481 e. The van der Waals surface area contributed by atoms with Crippen molar-refractivity contribution in [1.82, 2.24) is 10.2 Å². The van der Waals surface area contributed by atoms with Crippen molar-refractivity contribution in [3.05, 3.63) is 0 Å². The van der Waals surface area contributed by atoms with E-state index in [1.165, 1.54) is 4.90 Å². The quantitative estimate of drug-likeness (QED) is 0.494. The number of aliphatic carboxylic acids is 1. The van der Waals surface area contributed by atoms with Gasteiger partial charge in [0.15, 0.2) is 5.11 Å². The molecule has 1 atom stereocenters. The standard InChI is InChI=1S/C10H16N2O4S/c1-16-6-2-5-12-9(15)7(11-10(12)17)3-4-8(13)14/h7H,2-6H2,1H3,(H,11,17)(H,13,14). The van der Waals surface area contributed by atoms with Gasteiger partial charge < -0.3 is 15.2 Å². The van der Waals surface area contributed by atoms with Crippen LogP contribution in [0.25, 0.3) is 0 Å². The molecule has 7 heteroatoms. The summed E-state index contributed by atoms with van der Waals surface area (Å²) in [5.41, 5.74) is 0. The van der Waals surface area contributed by atoms with E-state index in [-0.39, 0.29) is 18.7 Å². The van der Waals surface area contributed by atoms with Gasteiger partial charge in [0.1, 0.15) is 6.04 Å². The van der Waals surface area contributed by atoms with Crippen molar-refractivity contribution < 1.29 is 19.4 Å². The first-order valence-corrected chi connectivity index (χ1v) is 5.79. The van der Waals surface area contributed by atoms with E-state index in [0.29, 0.717) is 24.7 Å². The number of nitrogens with zero attached hydrogens (tertiary/aromatic N) is 1. The van der Waals surface area contributed by atoms with Crippen molar-refractivity contribution in [3.8, 4) is 0 Å². The Hall–Kier alpha value is -1.21. The van der Waals surface area contributed by atoms with E-state index < -0.39 is 12.0 Å². The number of carboxylic acid groups (broad SMARTS) is 1. The molecular weight excluding hydrogens is 244 g/mol. The van der Waals surface area contributed by atoms with Gasteiger partial charge in [-0.2, -0.15) is 0 Å². The van der Waals surface area contributed by atoms with E-state index in [9.17, 15) is 9.59 Å². The molecule has 0 aromatic carbocycles. The highest BCUT2D eigenvalue weighted by Gasteiger charge is 2.34. The number of ether oxygens (including phenoxy) is 1. The zero-order chi connectivity index (χ0) is 12.8. The first-order chi connectivity index (χ1) is 8.06. The molecule has 1 saturated heterocycles. The molecule has 0 aliphatic carbocycles. The minimum atomic E-state index is -0.914. The van der Waals surface area contributed by atoms with E-state index in [0.717, 1.165) is 0 Å². The van der Waals surface area contributed by atoms with E-state index in [4.69, 9.17) is 22.1 Å². The summed E-state index contributed by atoms with van der Waals surface area (Å²) in [6.07, 6.45) is 0.919. The van der Waals surface area contributed by atoms with Crippen LogP contribution in [-0.4, -0.2) is 53.3 Å². The van der Waals surface area contributed by atoms with Crippen LogP contribution >= 0.6 is 12.2 Å². The largest absolute Gasteiger partial charge is 0.481 e. The topological polar surface area (TPSA) is 78.9 Å². The second-order valence-corrected chi connectivity index (χ2v) is 4.16. The van der Waals surface area contributed by atoms with Crippen LogP contribution in [0.2, 0.25) is 0 Å². The van der Waals surface area contributed by atoms with Crippen LogP contribution in [0.3, 0.4) is 0 Å². The summed E-state index contributed by atoms with van der Waals surface area (Å²) in [5, 5.41) is 11.8. The van der Waals surface area contributed by atoms with Gasteiger partial charge in [0, 0.05) is 26.7 Å². The summed E-state index contributed by atoms with van der Waals surface area (Å²) < 4.78 is 4.90. The average molecular weight is 260 g/mol. The number of hydrogen-bond donors (Lipinski definition) is 2. The zero-order valence-corrected chi connectivity index (χ0v) is 10.5. The van der Waals surface area contributed by atoms with Crippen LogP contribution in [0.1, 0.15) is 19.3 Å². The van der Waals surface area contributed by atoms with Crippen LogP contribution in [-0.2, 0) is 14.3 Å². The number of carbonyl (C=O) groups is 2. The Balaban J connectivity index is 2.44. The smallest absolute Gasteiger partial charge is 0.303 e. The monoisotopic (exact) mass is 260 g/mol. The van der Waals surface area contributed by atoms with E-state index >= 15 is 0 Å². The van der Waals surface area contributed by atoms with Gasteiger partial charge in [0.05, 0.1) is 0 Å². The van der Waals surface area contributed by atoms with Crippen LogP contribution in [0.15, 0.2) is 0 Å². The summed E-state index contributed by atoms with van der Waals surface area (Å²) in [5.74, 6) is -1.06. The number of carboxylic acids is 1. The minimum absolute atomic E-state index is 0.0437. The highest BCUT2D eigenvalue weighted by atomic mass is 32.1. The number of rotatable bonds is 7. The fourth-order valence-electron chi connectivity index (χ4n) is 1.62. The molecule has 0 saturated carbocycles. The molecule has 0 bridgehead atoms. The number of amides is 1. The van der Waals surface area contributed by atoms with Gasteiger partial charge >= 0.3 is 5.97 Å². The van der Waals surface area contributed by atoms with Gasteiger partial charge in [-0.25, -0.2) is 0 Å². The van der Waals surface area contributed by atoms with Gasteiger partial charge in [-0.1, -0.05) is 0 Å². The maximum absolute atomic E-state index is 11.9. The van der Waals surface area contributed by atoms with E-state index in [1.807, 2.05) is 0 Å². The van der Waals surface area contributed by atoms with E-state index in [1.54, 1.807) is 7.11 Å². The van der Waals surface area contributed by atoms with Crippen LogP contribution < -0.4 is 5.32 Å². The van der Waals surface area contributed by atoms with Gasteiger partial charge in [-0.05, 0) is 25.1 Å². The molecule has 1 aliphatic rings. The lowest BCUT2D eigenvalue weighted by Crippen LogP contribution is -2.32. The molecule has 1 rings (SSSR count). The van der Waals surface area contributed by atoms with Crippen molar-refractivity contribution in [2.45, 2.75) is 25.3 Å². The van der Waals surface area contributed by atoms with Crippen molar-refractivity contribution in [2.24, 2.45) is 0 Å². The molecule has 96 valence electrons. The van der Waals surface area contributed by atoms with Crippen LogP contribution in [0.4, 0.5) is 0 Å². The lowest BCUT2D eigenvalue weighted by atomic mass is 10.1. The summed E-state index contributed by atoms with van der Waals surface area (Å²) in [6, 6.07) is -0.499. The predicted molar refractivity (Wildman–Crippen MR) is 64.6 cm³/mol. The summed E-state index contributed by atoms with van der Waals surface area (Å²) in [7, 11) is 1.60. The molecule has 0 aromatic rings. The summed E-state index contributed by atoms with van der Waals surface area (Å²) in [6.45, 7) is 1.06. The van der Waals surface area contributed by atoms with Crippen molar-refractivity contribution in [2.75, 3.05) is 20.3 Å². The second kappa shape index (κ2) is 6.51. The fourth-order valence-corrected chi connectivity index (χ4v) is 1.94. The highest BCUT2D eigenvalue weighted by Crippen LogP contribution is 2.11. The van der Waals surface area contributed by atoms with Crippen molar-refractivity contribution >= 4 is 29.2 Å². The molecule has 2 N–H and O–H groups in total. The fraction of sp³-hybridized carbons (Fsp3) is 0.700. The first-order valence-electron chi connectivity index (χ1n) is 5.39. The molecular formula is C10H16N2O4S. The number of methoxy groups -OCH3 is 1. The number of hydrogen-bond acceptors (Lipinski definition) is 4. The van der Waals surface area contributed by atoms with Gasteiger partial charge in [0.25, 0.3) is 5.91 Å². The average Bonchev–Trinajstić information content (AvgIpc) is 2.53. The van der Waals surface area contributed by atoms with Crippen molar-refractivity contribution in [3.63, 3.8) is 0 Å². The third-order valence-corrected chi connectivity index (χ3v) is 2.82. The Morgan fingerprint density at radius 1 is 1.65 bits per heavy atom. The highest BCUT2D eigenvalue weighted by molar-refractivity contribution is 7.80. The molecule has 1 heterocycles. The lowest BCUT2D eigenvalue weighted by Gasteiger charge is -2.14. The van der Waals surface area contributed by atoms with E-state index in [2.05, 4.69) is 5.32 Å². The van der Waals surface area contributed by atoms with Crippen LogP contribution in [0, 0.1) is 0 Å². The Bertz CT molecular complexity index is 321.